The fourth-order valence-electron chi connectivity index (χ4n) is 1.88. The molecule has 1 rings (SSSR count). The van der Waals surface area contributed by atoms with Crippen molar-refractivity contribution >= 4 is 0 Å². The molecule has 1 heterocycles. The first kappa shape index (κ1) is 12.0. The molecule has 0 amide bonds. The summed E-state index contributed by atoms with van der Waals surface area (Å²) < 4.78 is 5.89. The molecule has 0 aromatic carbocycles. The summed E-state index contributed by atoms with van der Waals surface area (Å²) in [6, 6.07) is 0.627. The summed E-state index contributed by atoms with van der Waals surface area (Å²) in [6.07, 6.45) is 1.50. The van der Waals surface area contributed by atoms with Crippen molar-refractivity contribution in [1.29, 1.82) is 0 Å². The Kier molecular flexibility index (Phi) is 3.96. The van der Waals surface area contributed by atoms with Crippen LogP contribution in [0.2, 0.25) is 0 Å². The maximum absolute atomic E-state index is 5.89. The van der Waals surface area contributed by atoms with E-state index in [4.69, 9.17) is 4.74 Å². The van der Waals surface area contributed by atoms with Crippen LogP contribution in [0.4, 0.5) is 0 Å². The van der Waals surface area contributed by atoms with E-state index in [0.29, 0.717) is 18.1 Å². The van der Waals surface area contributed by atoms with Gasteiger partial charge >= 0.3 is 0 Å². The highest BCUT2D eigenvalue weighted by Gasteiger charge is 2.29. The second-order valence-corrected chi connectivity index (χ2v) is 5.77. The molecule has 0 spiro atoms. The first-order valence-electron chi connectivity index (χ1n) is 5.76. The summed E-state index contributed by atoms with van der Waals surface area (Å²) in [5.41, 5.74) is 0.249. The lowest BCUT2D eigenvalue weighted by molar-refractivity contribution is -0.00572. The second-order valence-electron chi connectivity index (χ2n) is 5.77. The van der Waals surface area contributed by atoms with E-state index in [1.165, 1.54) is 0 Å². The van der Waals surface area contributed by atoms with Gasteiger partial charge in [-0.15, -0.1) is 0 Å². The Balaban J connectivity index is 2.49. The van der Waals surface area contributed by atoms with Crippen molar-refractivity contribution in [3.63, 3.8) is 0 Å². The first-order chi connectivity index (χ1) is 6.41. The van der Waals surface area contributed by atoms with Gasteiger partial charge in [0.2, 0.25) is 0 Å². The summed E-state index contributed by atoms with van der Waals surface area (Å²) in [7, 11) is 0. The van der Waals surface area contributed by atoms with Gasteiger partial charge < -0.3 is 10.1 Å². The van der Waals surface area contributed by atoms with Crippen molar-refractivity contribution in [2.24, 2.45) is 11.3 Å². The van der Waals surface area contributed by atoms with Gasteiger partial charge in [0, 0.05) is 19.2 Å². The molecule has 1 fully saturated rings. The van der Waals surface area contributed by atoms with E-state index in [-0.39, 0.29) is 5.41 Å². The van der Waals surface area contributed by atoms with Crippen LogP contribution in [0.15, 0.2) is 0 Å². The Labute approximate surface area is 88.4 Å². The molecule has 0 aromatic heterocycles. The summed E-state index contributed by atoms with van der Waals surface area (Å²) in [5, 5.41) is 3.61. The van der Waals surface area contributed by atoms with Crippen molar-refractivity contribution in [2.75, 3.05) is 13.2 Å². The van der Waals surface area contributed by atoms with E-state index in [1.807, 2.05) is 0 Å². The molecule has 1 N–H and O–H groups in total. The molecule has 0 bridgehead atoms. The third-order valence-electron chi connectivity index (χ3n) is 3.08. The highest BCUT2D eigenvalue weighted by atomic mass is 16.5. The van der Waals surface area contributed by atoms with Gasteiger partial charge in [0.25, 0.3) is 0 Å². The summed E-state index contributed by atoms with van der Waals surface area (Å²) in [4.78, 5) is 0. The molecule has 2 atom stereocenters. The molecular weight excluding hydrogens is 174 g/mol. The Morgan fingerprint density at radius 1 is 1.29 bits per heavy atom. The average molecular weight is 199 g/mol. The Bertz CT molecular complexity index is 172. The number of nitrogens with one attached hydrogen (secondary N) is 1. The van der Waals surface area contributed by atoms with Crippen molar-refractivity contribution in [3.05, 3.63) is 0 Å². The van der Waals surface area contributed by atoms with E-state index in [2.05, 4.69) is 39.9 Å². The van der Waals surface area contributed by atoms with Gasteiger partial charge in [-0.25, -0.2) is 0 Å². The average Bonchev–Trinajstić information content (AvgIpc) is 2.26. The standard InChI is InChI=1S/C12H25NO/c1-9(2)10-6-7-14-11(8-13-10)12(3,4)5/h9-11,13H,6-8H2,1-5H3. The molecule has 0 radical (unpaired) electrons. The summed E-state index contributed by atoms with van der Waals surface area (Å²) >= 11 is 0. The van der Waals surface area contributed by atoms with Crippen LogP contribution >= 0.6 is 0 Å². The zero-order valence-electron chi connectivity index (χ0n) is 10.3. The third-order valence-corrected chi connectivity index (χ3v) is 3.08. The lowest BCUT2D eigenvalue weighted by Crippen LogP contribution is -2.41. The quantitative estimate of drug-likeness (QED) is 0.700. The smallest absolute Gasteiger partial charge is 0.0747 e. The molecule has 0 aromatic rings. The highest BCUT2D eigenvalue weighted by molar-refractivity contribution is 4.82. The molecule has 2 heteroatoms. The minimum absolute atomic E-state index is 0.249. The van der Waals surface area contributed by atoms with Gasteiger partial charge in [-0.05, 0) is 17.8 Å². The lowest BCUT2D eigenvalue weighted by Gasteiger charge is -2.29. The van der Waals surface area contributed by atoms with Gasteiger partial charge in [0.15, 0.2) is 0 Å². The minimum Gasteiger partial charge on any atom is -0.376 e. The van der Waals surface area contributed by atoms with Crippen LogP contribution in [0.3, 0.4) is 0 Å². The molecule has 2 unspecified atom stereocenters. The SMILES string of the molecule is CC(C)C1CCOC(C(C)(C)C)CN1. The van der Waals surface area contributed by atoms with Crippen LogP contribution in [0.1, 0.15) is 41.0 Å². The Morgan fingerprint density at radius 3 is 2.43 bits per heavy atom. The molecule has 2 nitrogen and oxygen atoms in total. The number of hydrogen-bond acceptors (Lipinski definition) is 2. The van der Waals surface area contributed by atoms with Crippen molar-refractivity contribution in [1.82, 2.24) is 5.32 Å². The van der Waals surface area contributed by atoms with E-state index >= 15 is 0 Å². The van der Waals surface area contributed by atoms with Crippen LogP contribution in [-0.2, 0) is 4.74 Å². The maximum Gasteiger partial charge on any atom is 0.0747 e. The van der Waals surface area contributed by atoms with Crippen LogP contribution in [0.5, 0.6) is 0 Å². The van der Waals surface area contributed by atoms with E-state index in [1.54, 1.807) is 0 Å². The normalized spacial score (nSPS) is 30.4. The molecule has 0 aliphatic carbocycles. The zero-order valence-corrected chi connectivity index (χ0v) is 10.3. The highest BCUT2D eigenvalue weighted by Crippen LogP contribution is 2.24. The largest absolute Gasteiger partial charge is 0.376 e. The topological polar surface area (TPSA) is 21.3 Å². The van der Waals surface area contributed by atoms with Crippen molar-refractivity contribution < 1.29 is 4.74 Å². The predicted octanol–water partition coefficient (Wildman–Crippen LogP) is 2.44. The number of ether oxygens (including phenoxy) is 1. The van der Waals surface area contributed by atoms with Gasteiger partial charge in [0.05, 0.1) is 6.10 Å². The molecule has 1 aliphatic heterocycles. The van der Waals surface area contributed by atoms with Gasteiger partial charge in [-0.3, -0.25) is 0 Å². The third kappa shape index (κ3) is 3.25. The van der Waals surface area contributed by atoms with Crippen LogP contribution in [-0.4, -0.2) is 25.3 Å². The molecule has 14 heavy (non-hydrogen) atoms. The van der Waals surface area contributed by atoms with Gasteiger partial charge in [0.1, 0.15) is 0 Å². The molecule has 0 saturated carbocycles. The Hall–Kier alpha value is -0.0800. The van der Waals surface area contributed by atoms with E-state index < -0.39 is 0 Å². The monoisotopic (exact) mass is 199 g/mol. The molecule has 1 aliphatic rings. The number of rotatable bonds is 1. The van der Waals surface area contributed by atoms with Gasteiger partial charge in [-0.2, -0.15) is 0 Å². The molecular formula is C12H25NO. The van der Waals surface area contributed by atoms with E-state index in [0.717, 1.165) is 19.6 Å². The number of hydrogen-bond donors (Lipinski definition) is 1. The van der Waals surface area contributed by atoms with Crippen LogP contribution in [0.25, 0.3) is 0 Å². The lowest BCUT2D eigenvalue weighted by atomic mass is 9.89. The molecule has 84 valence electrons. The molecule has 1 saturated heterocycles. The summed E-state index contributed by atoms with van der Waals surface area (Å²) in [6.45, 7) is 13.2. The summed E-state index contributed by atoms with van der Waals surface area (Å²) in [5.74, 6) is 0.706. The fourth-order valence-corrected chi connectivity index (χ4v) is 1.88. The van der Waals surface area contributed by atoms with Crippen LogP contribution in [0, 0.1) is 11.3 Å². The van der Waals surface area contributed by atoms with Crippen molar-refractivity contribution in [2.45, 2.75) is 53.2 Å². The predicted molar refractivity (Wildman–Crippen MR) is 60.4 cm³/mol. The first-order valence-corrected chi connectivity index (χ1v) is 5.76. The fraction of sp³-hybridized carbons (Fsp3) is 1.00. The maximum atomic E-state index is 5.89. The minimum atomic E-state index is 0.249. The second kappa shape index (κ2) is 4.63. The Morgan fingerprint density at radius 2 is 1.93 bits per heavy atom. The van der Waals surface area contributed by atoms with Gasteiger partial charge in [-0.1, -0.05) is 34.6 Å². The van der Waals surface area contributed by atoms with Crippen molar-refractivity contribution in [3.8, 4) is 0 Å². The van der Waals surface area contributed by atoms with E-state index in [9.17, 15) is 0 Å². The van der Waals surface area contributed by atoms with Crippen LogP contribution < -0.4 is 5.32 Å². The zero-order chi connectivity index (χ0) is 10.8.